The number of halogens is 1. The molecule has 1 aromatic heterocycles. The molecule has 0 atom stereocenters. The van der Waals surface area contributed by atoms with Crippen LogP contribution in [-0.2, 0) is 17.9 Å². The summed E-state index contributed by atoms with van der Waals surface area (Å²) in [5.74, 6) is 0.544. The summed E-state index contributed by atoms with van der Waals surface area (Å²) in [5.41, 5.74) is 0.828. The van der Waals surface area contributed by atoms with Crippen molar-refractivity contribution in [3.63, 3.8) is 0 Å². The lowest BCUT2D eigenvalue weighted by Gasteiger charge is -2.04. The van der Waals surface area contributed by atoms with Crippen LogP contribution in [0.2, 0.25) is 5.02 Å². The molecule has 0 aromatic carbocycles. The zero-order chi connectivity index (χ0) is 10.6. The largest absolute Gasteiger partial charge is 0.375 e. The molecule has 0 aliphatic carbocycles. The van der Waals surface area contributed by atoms with Crippen LogP contribution in [0.1, 0.15) is 26.5 Å². The Morgan fingerprint density at radius 2 is 2.29 bits per heavy atom. The lowest BCUT2D eigenvalue weighted by molar-refractivity contribution is 0.0944. The average Bonchev–Trinajstić information content (AvgIpc) is 2.47. The van der Waals surface area contributed by atoms with Crippen molar-refractivity contribution in [1.29, 1.82) is 0 Å². The first-order valence-corrected chi connectivity index (χ1v) is 5.30. The maximum absolute atomic E-state index is 5.98. The summed E-state index contributed by atoms with van der Waals surface area (Å²) in [4.78, 5) is 0. The second-order valence-corrected chi connectivity index (χ2v) is 4.10. The minimum absolute atomic E-state index is 0.504. The van der Waals surface area contributed by atoms with Crippen LogP contribution in [0.4, 0.5) is 0 Å². The van der Waals surface area contributed by atoms with Gasteiger partial charge >= 0.3 is 0 Å². The molecule has 1 aromatic rings. The molecule has 1 rings (SSSR count). The third-order valence-corrected chi connectivity index (χ3v) is 2.12. The van der Waals surface area contributed by atoms with E-state index in [1.165, 1.54) is 0 Å². The smallest absolute Gasteiger partial charge is 0.107 e. The molecule has 0 saturated carbocycles. The van der Waals surface area contributed by atoms with Crippen LogP contribution in [0.3, 0.4) is 0 Å². The molecular weight excluding hydrogens is 200 g/mol. The standard InChI is InChI=1S/C10H17ClN2O/c1-4-13-5-9(11)10(12-13)7-14-6-8(2)3/h5,8H,4,6-7H2,1-3H3. The zero-order valence-electron chi connectivity index (χ0n) is 8.96. The van der Waals surface area contributed by atoms with E-state index >= 15 is 0 Å². The quantitative estimate of drug-likeness (QED) is 0.757. The normalized spacial score (nSPS) is 11.2. The Hall–Kier alpha value is -0.540. The van der Waals surface area contributed by atoms with Crippen molar-refractivity contribution in [3.05, 3.63) is 16.9 Å². The van der Waals surface area contributed by atoms with E-state index in [1.807, 2.05) is 17.8 Å². The van der Waals surface area contributed by atoms with Crippen molar-refractivity contribution >= 4 is 11.6 Å². The van der Waals surface area contributed by atoms with Gasteiger partial charge in [0.15, 0.2) is 0 Å². The summed E-state index contributed by atoms with van der Waals surface area (Å²) >= 11 is 5.98. The molecule has 4 heteroatoms. The van der Waals surface area contributed by atoms with Gasteiger partial charge in [-0.2, -0.15) is 5.10 Å². The molecule has 0 saturated heterocycles. The molecule has 14 heavy (non-hydrogen) atoms. The minimum atomic E-state index is 0.504. The number of ether oxygens (including phenoxy) is 1. The van der Waals surface area contributed by atoms with Crippen molar-refractivity contribution < 1.29 is 4.74 Å². The van der Waals surface area contributed by atoms with Gasteiger partial charge in [-0.25, -0.2) is 0 Å². The van der Waals surface area contributed by atoms with E-state index in [0.717, 1.165) is 18.8 Å². The Morgan fingerprint density at radius 1 is 1.57 bits per heavy atom. The highest BCUT2D eigenvalue weighted by Crippen LogP contribution is 2.14. The Morgan fingerprint density at radius 3 is 2.79 bits per heavy atom. The fraction of sp³-hybridized carbons (Fsp3) is 0.700. The van der Waals surface area contributed by atoms with Gasteiger partial charge in [0.05, 0.1) is 11.6 Å². The maximum atomic E-state index is 5.98. The van der Waals surface area contributed by atoms with Gasteiger partial charge in [0.2, 0.25) is 0 Å². The lowest BCUT2D eigenvalue weighted by atomic mass is 10.2. The number of nitrogens with zero attached hydrogens (tertiary/aromatic N) is 2. The summed E-state index contributed by atoms with van der Waals surface area (Å²) in [6, 6.07) is 0. The topological polar surface area (TPSA) is 27.1 Å². The first-order chi connectivity index (χ1) is 6.63. The number of aryl methyl sites for hydroxylation is 1. The van der Waals surface area contributed by atoms with Crippen molar-refractivity contribution in [2.75, 3.05) is 6.61 Å². The summed E-state index contributed by atoms with van der Waals surface area (Å²) in [6.45, 7) is 8.35. The maximum Gasteiger partial charge on any atom is 0.107 e. The van der Waals surface area contributed by atoms with E-state index in [1.54, 1.807) is 0 Å². The predicted molar refractivity (Wildman–Crippen MR) is 57.4 cm³/mol. The van der Waals surface area contributed by atoms with Gasteiger partial charge in [-0.15, -0.1) is 0 Å². The highest BCUT2D eigenvalue weighted by Gasteiger charge is 2.06. The highest BCUT2D eigenvalue weighted by atomic mass is 35.5. The monoisotopic (exact) mass is 216 g/mol. The Labute approximate surface area is 90.0 Å². The second-order valence-electron chi connectivity index (χ2n) is 3.69. The number of aromatic nitrogens is 2. The van der Waals surface area contributed by atoms with E-state index in [2.05, 4.69) is 18.9 Å². The van der Waals surface area contributed by atoms with Crippen LogP contribution in [0, 0.1) is 5.92 Å². The molecule has 0 amide bonds. The van der Waals surface area contributed by atoms with Crippen LogP contribution in [0.5, 0.6) is 0 Å². The third kappa shape index (κ3) is 3.31. The van der Waals surface area contributed by atoms with Gasteiger partial charge < -0.3 is 4.74 Å². The van der Waals surface area contributed by atoms with E-state index in [-0.39, 0.29) is 0 Å². The van der Waals surface area contributed by atoms with Gasteiger partial charge in [0.25, 0.3) is 0 Å². The van der Waals surface area contributed by atoms with Crippen molar-refractivity contribution in [1.82, 2.24) is 9.78 Å². The summed E-state index contributed by atoms with van der Waals surface area (Å²) in [5, 5.41) is 4.98. The number of hydrogen-bond acceptors (Lipinski definition) is 2. The molecule has 0 fully saturated rings. The van der Waals surface area contributed by atoms with Crippen LogP contribution >= 0.6 is 11.6 Å². The van der Waals surface area contributed by atoms with Crippen LogP contribution in [-0.4, -0.2) is 16.4 Å². The molecule has 0 aliphatic heterocycles. The Balaban J connectivity index is 2.45. The number of rotatable bonds is 5. The fourth-order valence-electron chi connectivity index (χ4n) is 1.09. The van der Waals surface area contributed by atoms with Gasteiger partial charge in [0, 0.05) is 19.3 Å². The highest BCUT2D eigenvalue weighted by molar-refractivity contribution is 6.31. The number of hydrogen-bond donors (Lipinski definition) is 0. The van der Waals surface area contributed by atoms with Crippen LogP contribution in [0.15, 0.2) is 6.20 Å². The molecule has 3 nitrogen and oxygen atoms in total. The third-order valence-electron chi connectivity index (χ3n) is 1.80. The van der Waals surface area contributed by atoms with Crippen molar-refractivity contribution in [2.24, 2.45) is 5.92 Å². The van der Waals surface area contributed by atoms with Gasteiger partial charge in [-0.05, 0) is 12.8 Å². The molecule has 0 N–H and O–H groups in total. The summed E-state index contributed by atoms with van der Waals surface area (Å²) < 4.78 is 7.28. The Bertz CT molecular complexity index is 284. The zero-order valence-corrected chi connectivity index (χ0v) is 9.71. The first-order valence-electron chi connectivity index (χ1n) is 4.93. The average molecular weight is 217 g/mol. The minimum Gasteiger partial charge on any atom is -0.375 e. The molecule has 0 unspecified atom stereocenters. The molecule has 1 heterocycles. The molecule has 0 radical (unpaired) electrons. The fourth-order valence-corrected chi connectivity index (χ4v) is 1.29. The van der Waals surface area contributed by atoms with Crippen LogP contribution in [0.25, 0.3) is 0 Å². The SMILES string of the molecule is CCn1cc(Cl)c(COCC(C)C)n1. The van der Waals surface area contributed by atoms with Crippen LogP contribution < -0.4 is 0 Å². The summed E-state index contributed by atoms with van der Waals surface area (Å²) in [7, 11) is 0. The molecule has 80 valence electrons. The van der Waals surface area contributed by atoms with Crippen molar-refractivity contribution in [2.45, 2.75) is 33.9 Å². The Kier molecular flexibility index (Phi) is 4.42. The second kappa shape index (κ2) is 5.37. The van der Waals surface area contributed by atoms with E-state index in [0.29, 0.717) is 17.5 Å². The van der Waals surface area contributed by atoms with E-state index in [9.17, 15) is 0 Å². The van der Waals surface area contributed by atoms with Gasteiger partial charge in [0.1, 0.15) is 5.69 Å². The molecule has 0 bridgehead atoms. The summed E-state index contributed by atoms with van der Waals surface area (Å²) in [6.07, 6.45) is 1.83. The van der Waals surface area contributed by atoms with Crippen molar-refractivity contribution in [3.8, 4) is 0 Å². The lowest BCUT2D eigenvalue weighted by Crippen LogP contribution is -2.03. The van der Waals surface area contributed by atoms with Gasteiger partial charge in [-0.1, -0.05) is 25.4 Å². The van der Waals surface area contributed by atoms with Gasteiger partial charge in [-0.3, -0.25) is 4.68 Å². The first kappa shape index (κ1) is 11.5. The molecule has 0 aliphatic rings. The van der Waals surface area contributed by atoms with E-state index < -0.39 is 0 Å². The molecular formula is C10H17ClN2O. The molecule has 0 spiro atoms. The van der Waals surface area contributed by atoms with E-state index in [4.69, 9.17) is 16.3 Å². The predicted octanol–water partition coefficient (Wildman–Crippen LogP) is 2.73.